The summed E-state index contributed by atoms with van der Waals surface area (Å²) in [6.45, 7) is 1.83. The molecule has 0 atom stereocenters. The lowest BCUT2D eigenvalue weighted by Crippen LogP contribution is -2.29. The van der Waals surface area contributed by atoms with Gasteiger partial charge in [0.15, 0.2) is 5.13 Å². The highest BCUT2D eigenvalue weighted by Crippen LogP contribution is 2.32. The van der Waals surface area contributed by atoms with E-state index < -0.39 is 19.2 Å². The molecule has 1 aliphatic rings. The van der Waals surface area contributed by atoms with Gasteiger partial charge in [0.25, 0.3) is 5.91 Å². The normalized spacial score (nSPS) is 13.2. The first-order chi connectivity index (χ1) is 16.8. The number of thiazole rings is 1. The Morgan fingerprint density at radius 3 is 2.80 bits per heavy atom. The monoisotopic (exact) mass is 501 g/mol. The van der Waals surface area contributed by atoms with E-state index in [0.717, 1.165) is 30.5 Å². The zero-order valence-electron chi connectivity index (χ0n) is 19.2. The van der Waals surface area contributed by atoms with E-state index in [1.54, 1.807) is 30.5 Å². The maximum atomic E-state index is 12.5. The number of anilines is 1. The zero-order chi connectivity index (χ0) is 24.8. The van der Waals surface area contributed by atoms with Crippen LogP contribution in [-0.4, -0.2) is 42.1 Å². The van der Waals surface area contributed by atoms with E-state index >= 15 is 0 Å². The number of carbonyl (C=O) groups is 1. The van der Waals surface area contributed by atoms with Crippen LogP contribution in [0.5, 0.6) is 5.75 Å². The summed E-state index contributed by atoms with van der Waals surface area (Å²) in [6, 6.07) is 8.64. The highest BCUT2D eigenvalue weighted by atomic mass is 32.1. The van der Waals surface area contributed by atoms with Crippen molar-refractivity contribution < 1.29 is 22.7 Å². The molecule has 1 amide bonds. The number of amides is 1. The third-order valence-electron chi connectivity index (χ3n) is 5.63. The Morgan fingerprint density at radius 2 is 2.11 bits per heavy atom. The van der Waals surface area contributed by atoms with E-state index in [1.165, 1.54) is 16.9 Å². The molecule has 0 spiro atoms. The summed E-state index contributed by atoms with van der Waals surface area (Å²) in [7, 11) is 1.87. The molecule has 35 heavy (non-hydrogen) atoms. The Morgan fingerprint density at radius 1 is 1.29 bits per heavy atom. The van der Waals surface area contributed by atoms with Crippen LogP contribution in [0.3, 0.4) is 0 Å². The van der Waals surface area contributed by atoms with Gasteiger partial charge in [0.2, 0.25) is 7.41 Å². The number of aromatic nitrogens is 2. The highest BCUT2D eigenvalue weighted by Gasteiger charge is 2.26. The maximum Gasteiger partial charge on any atom is 0.392 e. The summed E-state index contributed by atoms with van der Waals surface area (Å²) in [6.07, 6.45) is 1.42. The fourth-order valence-corrected chi connectivity index (χ4v) is 4.26. The van der Waals surface area contributed by atoms with Gasteiger partial charge >= 0.3 is 6.18 Å². The quantitative estimate of drug-likeness (QED) is 0.348. The molecule has 2 N–H and O–H groups in total. The van der Waals surface area contributed by atoms with Gasteiger partial charge in [0.05, 0.1) is 30.8 Å². The summed E-state index contributed by atoms with van der Waals surface area (Å²) in [4.78, 5) is 17.2. The van der Waals surface area contributed by atoms with E-state index in [2.05, 4.69) is 15.6 Å². The Kier molecular flexibility index (Phi) is 7.85. The van der Waals surface area contributed by atoms with Crippen molar-refractivity contribution in [3.63, 3.8) is 0 Å². The van der Waals surface area contributed by atoms with E-state index in [0.29, 0.717) is 28.7 Å². The second kappa shape index (κ2) is 11.0. The first-order valence-electron chi connectivity index (χ1n) is 11.3. The standard InChI is InChI=1S/C24H25BF3N4O2S/c1-25-32-10-8-18(14-32)22(33)29-13-20(16-4-2-5-16)30-23-31-21(15-35-23)17-6-3-7-19(12-17)34-11-9-24(26,27)28/h3,6-8,10,12,14-15H,2,4-5,9,11,13H2,1H3,(H,29,33)(H,30,31). The van der Waals surface area contributed by atoms with Gasteiger partial charge in [-0.1, -0.05) is 19.0 Å². The molecule has 11 heteroatoms. The maximum absolute atomic E-state index is 12.5. The summed E-state index contributed by atoms with van der Waals surface area (Å²) < 4.78 is 44.2. The smallest absolute Gasteiger partial charge is 0.392 e. The molecule has 183 valence electrons. The number of rotatable bonds is 10. The lowest BCUT2D eigenvalue weighted by atomic mass is 9.90. The SMILES string of the molecule is C[B]n1ccc(C(=O)NCC(Nc2nc(-c3cccc(OCCC(F)(F)F)c3)cs2)=C2CCC2)c1. The van der Waals surface area contributed by atoms with Crippen LogP contribution < -0.4 is 15.4 Å². The fraction of sp³-hybridized carbons (Fsp3) is 0.333. The number of nitrogens with one attached hydrogen (secondary N) is 2. The highest BCUT2D eigenvalue weighted by molar-refractivity contribution is 7.14. The van der Waals surface area contributed by atoms with Crippen LogP contribution >= 0.6 is 11.3 Å². The number of halogens is 3. The number of hydrogen-bond acceptors (Lipinski definition) is 5. The molecule has 6 nitrogen and oxygen atoms in total. The summed E-state index contributed by atoms with van der Waals surface area (Å²) in [5.41, 5.74) is 4.24. The van der Waals surface area contributed by atoms with Gasteiger partial charge in [-0.25, -0.2) is 4.98 Å². The van der Waals surface area contributed by atoms with E-state index in [1.807, 2.05) is 36.4 Å². The molecule has 0 aliphatic heterocycles. The molecule has 0 saturated heterocycles. The predicted molar refractivity (Wildman–Crippen MR) is 132 cm³/mol. The first-order valence-corrected chi connectivity index (χ1v) is 12.2. The van der Waals surface area contributed by atoms with Crippen molar-refractivity contribution in [2.45, 2.75) is 38.7 Å². The zero-order valence-corrected chi connectivity index (χ0v) is 20.0. The Labute approximate surface area is 206 Å². The Hall–Kier alpha value is -3.21. The fourth-order valence-electron chi connectivity index (χ4n) is 3.51. The van der Waals surface area contributed by atoms with Crippen molar-refractivity contribution in [3.8, 4) is 17.0 Å². The Bertz CT molecular complexity index is 1200. The molecule has 1 fully saturated rings. The van der Waals surface area contributed by atoms with Gasteiger partial charge in [-0.05, 0) is 49.2 Å². The van der Waals surface area contributed by atoms with Crippen molar-refractivity contribution in [3.05, 3.63) is 64.9 Å². The van der Waals surface area contributed by atoms with Gasteiger partial charge < -0.3 is 19.8 Å². The first kappa shape index (κ1) is 24.9. The van der Waals surface area contributed by atoms with Gasteiger partial charge in [-0.2, -0.15) is 13.2 Å². The van der Waals surface area contributed by atoms with Crippen molar-refractivity contribution in [1.82, 2.24) is 14.8 Å². The van der Waals surface area contributed by atoms with E-state index in [4.69, 9.17) is 4.74 Å². The van der Waals surface area contributed by atoms with Crippen LogP contribution in [0.15, 0.2) is 59.4 Å². The molecule has 0 bridgehead atoms. The minimum atomic E-state index is -4.25. The summed E-state index contributed by atoms with van der Waals surface area (Å²) in [5.74, 6) is 0.218. The molecular formula is C24H25BF3N4O2S. The number of carbonyl (C=O) groups excluding carboxylic acids is 1. The second-order valence-electron chi connectivity index (χ2n) is 8.13. The van der Waals surface area contributed by atoms with Gasteiger partial charge in [-0.15, -0.1) is 11.3 Å². The molecule has 1 radical (unpaired) electrons. The number of hydrogen-bond donors (Lipinski definition) is 2. The molecule has 1 aromatic carbocycles. The molecule has 1 saturated carbocycles. The molecule has 0 unspecified atom stereocenters. The second-order valence-corrected chi connectivity index (χ2v) is 8.99. The van der Waals surface area contributed by atoms with Gasteiger partial charge in [0.1, 0.15) is 5.75 Å². The molecule has 4 rings (SSSR count). The lowest BCUT2D eigenvalue weighted by Gasteiger charge is -2.22. The van der Waals surface area contributed by atoms with Crippen molar-refractivity contribution in [1.29, 1.82) is 0 Å². The Balaban J connectivity index is 1.39. The van der Waals surface area contributed by atoms with Crippen LogP contribution in [0.25, 0.3) is 11.3 Å². The van der Waals surface area contributed by atoms with Crippen LogP contribution in [-0.2, 0) is 0 Å². The summed E-state index contributed by atoms with van der Waals surface area (Å²) in [5, 5.41) is 8.90. The number of alkyl halides is 3. The molecule has 1 aliphatic carbocycles. The van der Waals surface area contributed by atoms with Crippen LogP contribution in [0.4, 0.5) is 18.3 Å². The van der Waals surface area contributed by atoms with E-state index in [9.17, 15) is 18.0 Å². The largest absolute Gasteiger partial charge is 0.493 e. The average molecular weight is 501 g/mol. The van der Waals surface area contributed by atoms with Crippen LogP contribution in [0.2, 0.25) is 6.82 Å². The molecule has 2 heterocycles. The third kappa shape index (κ3) is 6.91. The van der Waals surface area contributed by atoms with Gasteiger partial charge in [-0.3, -0.25) is 4.79 Å². The lowest BCUT2D eigenvalue weighted by molar-refractivity contribution is -0.139. The molecule has 3 aromatic rings. The number of nitrogens with zero attached hydrogens (tertiary/aromatic N) is 2. The number of benzene rings is 1. The number of ether oxygens (including phenoxy) is 1. The molecule has 2 aromatic heterocycles. The van der Waals surface area contributed by atoms with Crippen LogP contribution in [0, 0.1) is 0 Å². The third-order valence-corrected chi connectivity index (χ3v) is 6.39. The number of allylic oxidation sites excluding steroid dienone is 1. The summed E-state index contributed by atoms with van der Waals surface area (Å²) >= 11 is 1.42. The average Bonchev–Trinajstić information content (AvgIpc) is 3.45. The van der Waals surface area contributed by atoms with Crippen molar-refractivity contribution >= 4 is 29.8 Å². The van der Waals surface area contributed by atoms with Gasteiger partial charge in [0, 0.05) is 22.8 Å². The minimum absolute atomic E-state index is 0.146. The van der Waals surface area contributed by atoms with Crippen molar-refractivity contribution in [2.24, 2.45) is 0 Å². The molecular weight excluding hydrogens is 476 g/mol. The topological polar surface area (TPSA) is 68.2 Å². The van der Waals surface area contributed by atoms with E-state index in [-0.39, 0.29) is 5.91 Å². The van der Waals surface area contributed by atoms with Crippen molar-refractivity contribution in [2.75, 3.05) is 18.5 Å². The van der Waals surface area contributed by atoms with Crippen LogP contribution in [0.1, 0.15) is 36.0 Å². The predicted octanol–water partition coefficient (Wildman–Crippen LogP) is 5.74. The minimum Gasteiger partial charge on any atom is -0.493 e.